The minimum Gasteiger partial charge on any atom is -0.464 e. The van der Waals surface area contributed by atoms with Gasteiger partial charge in [-0.2, -0.15) is 0 Å². The fourth-order valence-electron chi connectivity index (χ4n) is 10.9. The molecular formula is C52H56F3N9O8S. The number of amides is 4. The van der Waals surface area contributed by atoms with E-state index in [1.54, 1.807) is 34.7 Å². The Morgan fingerprint density at radius 1 is 0.836 bits per heavy atom. The van der Waals surface area contributed by atoms with E-state index < -0.39 is 72.1 Å². The molecule has 6 atom stereocenters. The molecule has 0 radical (unpaired) electrons. The number of carbonyl (C=O) groups is 4. The molecule has 4 amide bonds. The van der Waals surface area contributed by atoms with E-state index in [-0.39, 0.29) is 24.4 Å². The van der Waals surface area contributed by atoms with Crippen LogP contribution in [-0.2, 0) is 23.8 Å². The van der Waals surface area contributed by atoms with Crippen molar-refractivity contribution in [3.05, 3.63) is 88.1 Å². The van der Waals surface area contributed by atoms with Crippen molar-refractivity contribution in [1.29, 1.82) is 0 Å². The zero-order valence-electron chi connectivity index (χ0n) is 40.7. The first-order valence-corrected chi connectivity index (χ1v) is 25.5. The molecule has 0 spiro atoms. The van der Waals surface area contributed by atoms with Gasteiger partial charge in [0.05, 0.1) is 78.3 Å². The maximum atomic E-state index is 17.0. The second-order valence-corrected chi connectivity index (χ2v) is 21.2. The molecule has 1 saturated carbocycles. The van der Waals surface area contributed by atoms with Crippen LogP contribution in [-0.4, -0.2) is 123 Å². The van der Waals surface area contributed by atoms with Crippen molar-refractivity contribution in [2.75, 3.05) is 40.5 Å². The molecule has 384 valence electrons. The standard InChI is InChI=1S/C52H56F3N9O8S/c1-52(2,55)44(61-51(68)70-4)48(66)62-15-5-6-36(62)45-56-23-33(58-45)28-9-10-35-30(18-28)20-37-42-32(54)19-29(21-39(42)72-49(64(35)37)41-12-11-40(73-41)26-7-8-26)34-24-57-46(59-34)38-22-31(53)25-63(38)47(65)43(60-50(67)69-3)27-13-16-71-17-14-27/h9-12,18-21,23-24,26-27,31,36,38,43-44,49H,5-8,13-17,22,25H2,1-4H3,(H,56,58)(H,57,59)(H,60,67)(H,61,68)/t31-,36+,38+,43+,44?,49?/m1/s1. The van der Waals surface area contributed by atoms with Crippen molar-refractivity contribution >= 4 is 46.2 Å². The van der Waals surface area contributed by atoms with Crippen molar-refractivity contribution in [3.8, 4) is 39.5 Å². The number of thiophene rings is 1. The lowest BCUT2D eigenvalue weighted by atomic mass is 9.90. The van der Waals surface area contributed by atoms with Gasteiger partial charge in [-0.1, -0.05) is 6.07 Å². The molecule has 0 bridgehead atoms. The maximum absolute atomic E-state index is 17.0. The Bertz CT molecular complexity index is 3100. The molecular weight excluding hydrogens is 968 g/mol. The van der Waals surface area contributed by atoms with Crippen LogP contribution in [0.2, 0.25) is 0 Å². The highest BCUT2D eigenvalue weighted by Crippen LogP contribution is 2.50. The van der Waals surface area contributed by atoms with Gasteiger partial charge >= 0.3 is 12.2 Å². The summed E-state index contributed by atoms with van der Waals surface area (Å²) < 4.78 is 71.6. The van der Waals surface area contributed by atoms with Crippen LogP contribution in [0.15, 0.2) is 60.9 Å². The first kappa shape index (κ1) is 48.4. The van der Waals surface area contributed by atoms with Crippen LogP contribution >= 0.6 is 11.3 Å². The normalized spacial score (nSPS) is 21.8. The van der Waals surface area contributed by atoms with Gasteiger partial charge in [0.1, 0.15) is 47.1 Å². The van der Waals surface area contributed by atoms with Gasteiger partial charge in [-0.05, 0) is 107 Å². The number of halogens is 3. The highest BCUT2D eigenvalue weighted by Gasteiger charge is 2.45. The third-order valence-corrected chi connectivity index (χ3v) is 16.1. The molecule has 73 heavy (non-hydrogen) atoms. The van der Waals surface area contributed by atoms with Gasteiger partial charge in [-0.25, -0.2) is 32.7 Å². The number of fused-ring (bicyclic) bond motifs is 5. The molecule has 4 N–H and O–H groups in total. The largest absolute Gasteiger partial charge is 0.464 e. The number of likely N-dealkylation sites (tertiary alicyclic amines) is 2. The number of carbonyl (C=O) groups excluding carboxylic acids is 4. The Kier molecular flexibility index (Phi) is 12.7. The van der Waals surface area contributed by atoms with E-state index in [0.717, 1.165) is 41.3 Å². The minimum absolute atomic E-state index is 0.0172. The number of benzene rings is 2. The third-order valence-electron chi connectivity index (χ3n) is 14.8. The first-order valence-electron chi connectivity index (χ1n) is 24.7. The van der Waals surface area contributed by atoms with E-state index in [0.29, 0.717) is 91.4 Å². The molecule has 4 aliphatic heterocycles. The van der Waals surface area contributed by atoms with E-state index in [2.05, 4.69) is 47.4 Å². The number of imidazole rings is 2. The van der Waals surface area contributed by atoms with Crippen molar-refractivity contribution in [3.63, 3.8) is 0 Å². The van der Waals surface area contributed by atoms with Crippen LogP contribution in [0, 0.1) is 11.7 Å². The Labute approximate surface area is 422 Å². The van der Waals surface area contributed by atoms with Gasteiger partial charge in [0.2, 0.25) is 18.0 Å². The molecule has 8 heterocycles. The highest BCUT2D eigenvalue weighted by atomic mass is 32.1. The van der Waals surface area contributed by atoms with E-state index in [1.165, 1.54) is 36.8 Å². The number of alkyl carbamates (subject to hydrolysis) is 2. The molecule has 17 nitrogen and oxygen atoms in total. The van der Waals surface area contributed by atoms with Gasteiger partial charge in [-0.3, -0.25) is 14.2 Å². The number of aromatic nitrogens is 5. The van der Waals surface area contributed by atoms with E-state index in [4.69, 9.17) is 14.2 Å². The smallest absolute Gasteiger partial charge is 0.407 e. The summed E-state index contributed by atoms with van der Waals surface area (Å²) in [5.74, 6) is -0.123. The van der Waals surface area contributed by atoms with Crippen molar-refractivity contribution in [1.82, 2.24) is 44.9 Å². The van der Waals surface area contributed by atoms with Crippen LogP contribution in [0.3, 0.4) is 0 Å². The molecule has 5 aliphatic rings. The van der Waals surface area contributed by atoms with Gasteiger partial charge in [0.15, 0.2) is 0 Å². The SMILES string of the molecule is COC(=O)NC(C(=O)N1CCC[C@H]1c1ncc(-c2ccc3c(c2)cc2n3C(c3ccc(C4CC4)s3)Oc3cc(-c4cnc([C@@H]5C[C@@H](F)CN5C(=O)[C@@H](NC(=O)OC)C5CCOCC5)[nH]4)cc(F)c3-2)[nH]1)C(C)(C)F. The van der Waals surface area contributed by atoms with Gasteiger partial charge in [0.25, 0.3) is 0 Å². The number of nitrogens with one attached hydrogen (secondary N) is 4. The monoisotopic (exact) mass is 1020 g/mol. The van der Waals surface area contributed by atoms with E-state index >= 15 is 13.2 Å². The Hall–Kier alpha value is -6.87. The lowest BCUT2D eigenvalue weighted by molar-refractivity contribution is -0.138. The summed E-state index contributed by atoms with van der Waals surface area (Å²) in [5.41, 5.74) is 1.96. The van der Waals surface area contributed by atoms with Crippen molar-refractivity contribution < 1.29 is 51.3 Å². The van der Waals surface area contributed by atoms with Crippen LogP contribution < -0.4 is 15.4 Å². The zero-order chi connectivity index (χ0) is 50.9. The molecule has 4 aromatic heterocycles. The second-order valence-electron chi connectivity index (χ2n) is 20.1. The highest BCUT2D eigenvalue weighted by molar-refractivity contribution is 7.12. The average molecular weight is 1020 g/mol. The molecule has 4 fully saturated rings. The van der Waals surface area contributed by atoms with Gasteiger partial charge in [0, 0.05) is 47.6 Å². The number of nitrogens with zero attached hydrogens (tertiary/aromatic N) is 5. The molecule has 1 aliphatic carbocycles. The summed E-state index contributed by atoms with van der Waals surface area (Å²) in [5, 5.41) is 5.87. The van der Waals surface area contributed by atoms with Crippen LogP contribution in [0.5, 0.6) is 5.75 Å². The third kappa shape index (κ3) is 9.18. The number of H-pyrrole nitrogens is 2. The summed E-state index contributed by atoms with van der Waals surface area (Å²) in [6, 6.07) is 11.6. The average Bonchev–Trinajstić information content (AvgIpc) is 4.08. The fourth-order valence-corrected chi connectivity index (χ4v) is 12.1. The number of hydrogen-bond acceptors (Lipinski definition) is 11. The maximum Gasteiger partial charge on any atom is 0.407 e. The first-order chi connectivity index (χ1) is 35.2. The Balaban J connectivity index is 0.902. The molecule has 21 heteroatoms. The predicted octanol–water partition coefficient (Wildman–Crippen LogP) is 9.00. The Morgan fingerprint density at radius 3 is 2.25 bits per heavy atom. The number of hydrogen-bond donors (Lipinski definition) is 4. The van der Waals surface area contributed by atoms with Crippen molar-refractivity contribution in [2.45, 2.75) is 107 Å². The molecule has 3 saturated heterocycles. The number of alkyl halides is 2. The molecule has 11 rings (SSSR count). The minimum atomic E-state index is -2.07. The van der Waals surface area contributed by atoms with E-state index in [9.17, 15) is 19.2 Å². The Morgan fingerprint density at radius 2 is 1.53 bits per heavy atom. The fraction of sp³-hybridized carbons (Fsp3) is 0.462. The number of ether oxygens (including phenoxy) is 4. The topological polar surface area (TPSA) is 198 Å². The van der Waals surface area contributed by atoms with Crippen LogP contribution in [0.1, 0.15) is 104 Å². The van der Waals surface area contributed by atoms with Gasteiger partial charge < -0.3 is 49.3 Å². The van der Waals surface area contributed by atoms with Crippen LogP contribution in [0.25, 0.3) is 44.7 Å². The quantitative estimate of drug-likeness (QED) is 0.0918. The van der Waals surface area contributed by atoms with Crippen molar-refractivity contribution in [2.24, 2.45) is 5.92 Å². The van der Waals surface area contributed by atoms with Gasteiger partial charge in [-0.15, -0.1) is 11.3 Å². The summed E-state index contributed by atoms with van der Waals surface area (Å²) in [6.45, 7) is 3.50. The second kappa shape index (κ2) is 19.2. The lowest BCUT2D eigenvalue weighted by Crippen LogP contribution is -2.56. The van der Waals surface area contributed by atoms with Crippen LogP contribution in [0.4, 0.5) is 22.8 Å². The molecule has 6 aromatic rings. The lowest BCUT2D eigenvalue weighted by Gasteiger charge is -2.34. The summed E-state index contributed by atoms with van der Waals surface area (Å²) in [4.78, 5) is 73.7. The molecule has 2 aromatic carbocycles. The summed E-state index contributed by atoms with van der Waals surface area (Å²) in [7, 11) is 2.38. The van der Waals surface area contributed by atoms with E-state index in [1.807, 2.05) is 28.8 Å². The predicted molar refractivity (Wildman–Crippen MR) is 263 cm³/mol. The number of methoxy groups -OCH3 is 2. The number of rotatable bonds is 12. The number of aromatic amines is 2. The summed E-state index contributed by atoms with van der Waals surface area (Å²) in [6.07, 6.45) is 4.13. The molecule has 2 unspecified atom stereocenters. The zero-order valence-corrected chi connectivity index (χ0v) is 41.5. The summed E-state index contributed by atoms with van der Waals surface area (Å²) >= 11 is 1.68.